The lowest BCUT2D eigenvalue weighted by Crippen LogP contribution is -2.12. The Morgan fingerprint density at radius 2 is 2.11 bits per heavy atom. The second-order valence-corrected chi connectivity index (χ2v) is 3.62. The van der Waals surface area contributed by atoms with Gasteiger partial charge < -0.3 is 10.2 Å². The molecule has 0 spiro atoms. The summed E-state index contributed by atoms with van der Waals surface area (Å²) in [6.45, 7) is -0.269. The number of hydrogen-bond acceptors (Lipinski definition) is 5. The molecule has 0 heterocycles. The van der Waals surface area contributed by atoms with Crippen molar-refractivity contribution in [3.63, 3.8) is 0 Å². The van der Waals surface area contributed by atoms with E-state index >= 15 is 0 Å². The van der Waals surface area contributed by atoms with Crippen molar-refractivity contribution in [3.05, 3.63) is 28.3 Å². The van der Waals surface area contributed by atoms with Crippen LogP contribution in [0.25, 0.3) is 0 Å². The summed E-state index contributed by atoms with van der Waals surface area (Å²) in [5.41, 5.74) is 1.75. The Morgan fingerprint density at radius 1 is 1.42 bits per heavy atom. The Morgan fingerprint density at radius 3 is 2.63 bits per heavy atom. The van der Waals surface area contributed by atoms with Crippen LogP contribution >= 0.6 is 0 Å². The summed E-state index contributed by atoms with van der Waals surface area (Å²) in [6, 6.07) is 4.11. The fraction of sp³-hybridized carbons (Fsp3) is 0.400. The Bertz CT molecular complexity index is 451. The maximum atomic E-state index is 11.9. The summed E-state index contributed by atoms with van der Waals surface area (Å²) in [5.74, 6) is 4.99. The summed E-state index contributed by atoms with van der Waals surface area (Å²) in [7, 11) is 0. The zero-order valence-corrected chi connectivity index (χ0v) is 9.74. The number of nitrogen functional groups attached to an aromatic ring is 1. The molecule has 1 aromatic rings. The highest BCUT2D eigenvalue weighted by molar-refractivity contribution is 5.67. The molecule has 106 valence electrons. The van der Waals surface area contributed by atoms with E-state index in [0.29, 0.717) is 0 Å². The van der Waals surface area contributed by atoms with Crippen LogP contribution in [-0.2, 0) is 0 Å². The van der Waals surface area contributed by atoms with Crippen molar-refractivity contribution < 1.29 is 22.8 Å². The number of nitrogens with zero attached hydrogens (tertiary/aromatic N) is 1. The molecule has 0 atom stereocenters. The number of hydrogen-bond donors (Lipinski definition) is 2. The SMILES string of the molecule is NNc1cccc(OCCCC(F)(F)F)c1[N+](=O)[O-]. The quantitative estimate of drug-likeness (QED) is 0.361. The minimum absolute atomic E-state index is 0.0262. The first-order chi connectivity index (χ1) is 8.85. The van der Waals surface area contributed by atoms with E-state index in [1.54, 1.807) is 0 Å². The molecule has 9 heteroatoms. The summed E-state index contributed by atoms with van der Waals surface area (Å²) < 4.78 is 40.8. The molecule has 0 aliphatic rings. The lowest BCUT2D eigenvalue weighted by Gasteiger charge is -2.10. The van der Waals surface area contributed by atoms with E-state index in [4.69, 9.17) is 10.6 Å². The fourth-order valence-corrected chi connectivity index (χ4v) is 1.40. The lowest BCUT2D eigenvalue weighted by atomic mass is 10.2. The third kappa shape index (κ3) is 4.62. The van der Waals surface area contributed by atoms with Gasteiger partial charge >= 0.3 is 11.9 Å². The highest BCUT2D eigenvalue weighted by Crippen LogP contribution is 2.34. The number of nitrogens with one attached hydrogen (secondary N) is 1. The average molecular weight is 279 g/mol. The normalized spacial score (nSPS) is 11.2. The number of para-hydroxylation sites is 1. The summed E-state index contributed by atoms with van der Waals surface area (Å²) in [6.07, 6.45) is -5.55. The molecule has 0 fully saturated rings. The number of hydrazine groups is 1. The van der Waals surface area contributed by atoms with Gasteiger partial charge in [-0.05, 0) is 18.6 Å². The Balaban J connectivity index is 2.70. The van der Waals surface area contributed by atoms with Crippen LogP contribution in [0.15, 0.2) is 18.2 Å². The number of benzene rings is 1. The van der Waals surface area contributed by atoms with Gasteiger partial charge in [0.2, 0.25) is 0 Å². The van der Waals surface area contributed by atoms with Crippen molar-refractivity contribution >= 4 is 11.4 Å². The van der Waals surface area contributed by atoms with Gasteiger partial charge in [-0.25, -0.2) is 0 Å². The smallest absolute Gasteiger partial charge is 0.389 e. The number of nitrogens with two attached hydrogens (primary N) is 1. The van der Waals surface area contributed by atoms with Gasteiger partial charge in [0, 0.05) is 6.42 Å². The summed E-state index contributed by atoms with van der Waals surface area (Å²) in [4.78, 5) is 10.1. The van der Waals surface area contributed by atoms with Crippen molar-refractivity contribution in [2.45, 2.75) is 19.0 Å². The van der Waals surface area contributed by atoms with Crippen molar-refractivity contribution in [1.82, 2.24) is 0 Å². The lowest BCUT2D eigenvalue weighted by molar-refractivity contribution is -0.385. The van der Waals surface area contributed by atoms with E-state index in [1.807, 2.05) is 0 Å². The third-order valence-electron chi connectivity index (χ3n) is 2.20. The van der Waals surface area contributed by atoms with Gasteiger partial charge in [0.1, 0.15) is 5.69 Å². The maximum absolute atomic E-state index is 11.9. The molecular weight excluding hydrogens is 267 g/mol. The van der Waals surface area contributed by atoms with Crippen LogP contribution in [0.1, 0.15) is 12.8 Å². The molecule has 0 aromatic heterocycles. The fourth-order valence-electron chi connectivity index (χ4n) is 1.40. The van der Waals surface area contributed by atoms with E-state index in [2.05, 4.69) is 5.43 Å². The molecule has 19 heavy (non-hydrogen) atoms. The molecule has 3 N–H and O–H groups in total. The van der Waals surface area contributed by atoms with Gasteiger partial charge in [-0.1, -0.05) is 6.07 Å². The number of nitro groups is 1. The van der Waals surface area contributed by atoms with Gasteiger partial charge in [-0.15, -0.1) is 0 Å². The number of rotatable bonds is 6. The molecule has 0 radical (unpaired) electrons. The minimum atomic E-state index is -4.27. The molecule has 0 saturated carbocycles. The number of alkyl halides is 3. The van der Waals surface area contributed by atoms with Crippen LogP contribution in [-0.4, -0.2) is 17.7 Å². The van der Waals surface area contributed by atoms with Crippen LogP contribution < -0.4 is 16.0 Å². The standard InChI is InChI=1S/C10H12F3N3O3/c11-10(12,13)5-2-6-19-8-4-1-3-7(15-14)9(8)16(17)18/h1,3-4,15H,2,5-6,14H2. The molecule has 0 amide bonds. The van der Waals surface area contributed by atoms with Crippen LogP contribution in [0.3, 0.4) is 0 Å². The number of anilines is 1. The molecule has 0 saturated heterocycles. The zero-order valence-electron chi connectivity index (χ0n) is 9.74. The minimum Gasteiger partial charge on any atom is -0.487 e. The molecule has 1 rings (SSSR count). The topological polar surface area (TPSA) is 90.4 Å². The summed E-state index contributed by atoms with van der Waals surface area (Å²) in [5, 5.41) is 10.8. The highest BCUT2D eigenvalue weighted by Gasteiger charge is 2.26. The van der Waals surface area contributed by atoms with Crippen LogP contribution in [0.4, 0.5) is 24.5 Å². The van der Waals surface area contributed by atoms with E-state index in [9.17, 15) is 23.3 Å². The first kappa shape index (κ1) is 15.0. The van der Waals surface area contributed by atoms with Crippen LogP contribution in [0.2, 0.25) is 0 Å². The predicted molar refractivity (Wildman–Crippen MR) is 61.7 cm³/mol. The average Bonchev–Trinajstić information content (AvgIpc) is 2.32. The maximum Gasteiger partial charge on any atom is 0.389 e. The van der Waals surface area contributed by atoms with Crippen molar-refractivity contribution in [3.8, 4) is 5.75 Å². The first-order valence-electron chi connectivity index (χ1n) is 5.28. The molecular formula is C10H12F3N3O3. The van der Waals surface area contributed by atoms with Gasteiger partial charge in [-0.3, -0.25) is 16.0 Å². The predicted octanol–water partition coefficient (Wildman–Crippen LogP) is 2.60. The number of ether oxygens (including phenoxy) is 1. The second kappa shape index (κ2) is 6.23. The Hall–Kier alpha value is -2.03. The van der Waals surface area contributed by atoms with Gasteiger partial charge in [0.15, 0.2) is 5.75 Å². The molecule has 6 nitrogen and oxygen atoms in total. The van der Waals surface area contributed by atoms with Gasteiger partial charge in [0.25, 0.3) is 0 Å². The molecule has 0 aliphatic heterocycles. The number of halogens is 3. The van der Waals surface area contributed by atoms with Gasteiger partial charge in [0.05, 0.1) is 11.5 Å². The van der Waals surface area contributed by atoms with E-state index in [-0.39, 0.29) is 24.5 Å². The molecule has 0 bridgehead atoms. The monoisotopic (exact) mass is 279 g/mol. The molecule has 0 aliphatic carbocycles. The van der Waals surface area contributed by atoms with Crippen LogP contribution in [0, 0.1) is 10.1 Å². The third-order valence-corrected chi connectivity index (χ3v) is 2.20. The van der Waals surface area contributed by atoms with E-state index < -0.39 is 23.2 Å². The van der Waals surface area contributed by atoms with E-state index in [1.165, 1.54) is 18.2 Å². The summed E-state index contributed by atoms with van der Waals surface area (Å²) >= 11 is 0. The number of nitro benzene ring substituents is 1. The molecule has 0 unspecified atom stereocenters. The van der Waals surface area contributed by atoms with Crippen molar-refractivity contribution in [2.24, 2.45) is 5.84 Å². The first-order valence-corrected chi connectivity index (χ1v) is 5.28. The van der Waals surface area contributed by atoms with Gasteiger partial charge in [-0.2, -0.15) is 13.2 Å². The molecule has 1 aromatic carbocycles. The Kier molecular flexibility index (Phi) is 4.93. The van der Waals surface area contributed by atoms with E-state index in [0.717, 1.165) is 0 Å². The highest BCUT2D eigenvalue weighted by atomic mass is 19.4. The van der Waals surface area contributed by atoms with Crippen molar-refractivity contribution in [1.29, 1.82) is 0 Å². The Labute approximate surface area is 106 Å². The zero-order chi connectivity index (χ0) is 14.5. The second-order valence-electron chi connectivity index (χ2n) is 3.62. The largest absolute Gasteiger partial charge is 0.487 e. The van der Waals surface area contributed by atoms with Crippen molar-refractivity contribution in [2.75, 3.05) is 12.0 Å². The van der Waals surface area contributed by atoms with Crippen LogP contribution in [0.5, 0.6) is 5.75 Å².